The van der Waals surface area contributed by atoms with E-state index in [0.717, 1.165) is 37.0 Å². The zero-order chi connectivity index (χ0) is 38.0. The lowest BCUT2D eigenvalue weighted by molar-refractivity contribution is 0.0600. The summed E-state index contributed by atoms with van der Waals surface area (Å²) in [5.41, 5.74) is 11.7. The Hall–Kier alpha value is -5.94. The highest BCUT2D eigenvalue weighted by Crippen LogP contribution is 2.52. The molecule has 8 aromatic rings. The van der Waals surface area contributed by atoms with Crippen LogP contribution in [0.15, 0.2) is 133 Å². The van der Waals surface area contributed by atoms with Crippen molar-refractivity contribution in [2.75, 3.05) is 7.11 Å². The van der Waals surface area contributed by atoms with Gasteiger partial charge in [-0.2, -0.15) is 0 Å². The molecule has 5 heteroatoms. The van der Waals surface area contributed by atoms with Crippen LogP contribution in [0.1, 0.15) is 79.3 Å². The van der Waals surface area contributed by atoms with Gasteiger partial charge < -0.3 is 13.9 Å². The van der Waals surface area contributed by atoms with Crippen LogP contribution >= 0.6 is 0 Å². The summed E-state index contributed by atoms with van der Waals surface area (Å²) in [6.07, 6.45) is 2.05. The fraction of sp³-hybridized carbons (Fsp3) is 0.224. The van der Waals surface area contributed by atoms with Gasteiger partial charge in [0.15, 0.2) is 5.78 Å². The number of nitrogens with zero attached hydrogens (tertiary/aromatic N) is 2. The van der Waals surface area contributed by atoms with Gasteiger partial charge in [0.25, 0.3) is 0 Å². The number of rotatable bonds is 6. The molecule has 54 heavy (non-hydrogen) atoms. The van der Waals surface area contributed by atoms with E-state index < -0.39 is 0 Å². The first-order valence-corrected chi connectivity index (χ1v) is 19.1. The van der Waals surface area contributed by atoms with Crippen LogP contribution in [0.2, 0.25) is 0 Å². The molecule has 0 spiro atoms. The minimum absolute atomic E-state index is 0.00988. The minimum atomic E-state index is -0.269. The maximum atomic E-state index is 11.9. The second kappa shape index (κ2) is 15.2. The molecule has 0 saturated carbocycles. The van der Waals surface area contributed by atoms with E-state index in [1.165, 1.54) is 67.5 Å². The number of aromatic nitrogens is 2. The van der Waals surface area contributed by atoms with E-state index in [2.05, 4.69) is 146 Å². The van der Waals surface area contributed by atoms with Crippen LogP contribution in [-0.2, 0) is 23.2 Å². The molecule has 9 rings (SSSR count). The zero-order valence-electron chi connectivity index (χ0n) is 32.1. The summed E-state index contributed by atoms with van der Waals surface area (Å²) < 4.78 is 9.50. The second-order valence-corrected chi connectivity index (χ2v) is 13.9. The molecular weight excluding hydrogens is 665 g/mol. The first kappa shape index (κ1) is 36.4. The average Bonchev–Trinajstić information content (AvgIpc) is 3.83. The number of ketones is 1. The third-order valence-electron chi connectivity index (χ3n) is 11.4. The van der Waals surface area contributed by atoms with Crippen LogP contribution in [0, 0.1) is 0 Å². The third-order valence-corrected chi connectivity index (χ3v) is 11.4. The van der Waals surface area contributed by atoms with E-state index in [4.69, 9.17) is 4.74 Å². The molecule has 0 unspecified atom stereocenters. The lowest BCUT2D eigenvalue weighted by Crippen LogP contribution is -2.23. The summed E-state index contributed by atoms with van der Waals surface area (Å²) in [4.78, 5) is 23.3. The molecule has 2 aromatic heterocycles. The average molecular weight is 713 g/mol. The van der Waals surface area contributed by atoms with Crippen molar-refractivity contribution in [3.8, 4) is 11.1 Å². The third kappa shape index (κ3) is 6.08. The van der Waals surface area contributed by atoms with Crippen molar-refractivity contribution < 1.29 is 14.3 Å². The maximum absolute atomic E-state index is 11.9. The second-order valence-electron chi connectivity index (χ2n) is 13.9. The van der Waals surface area contributed by atoms with E-state index in [1.807, 2.05) is 24.3 Å². The lowest BCUT2D eigenvalue weighted by atomic mass is 9.73. The van der Waals surface area contributed by atoms with Crippen LogP contribution in [0.3, 0.4) is 0 Å². The van der Waals surface area contributed by atoms with Crippen molar-refractivity contribution in [2.24, 2.45) is 0 Å². The Bertz CT molecular complexity index is 2600. The van der Waals surface area contributed by atoms with Gasteiger partial charge in [-0.05, 0) is 92.3 Å². The number of fused-ring (bicyclic) bond motifs is 9. The van der Waals surface area contributed by atoms with Gasteiger partial charge in [-0.25, -0.2) is 4.79 Å². The summed E-state index contributed by atoms with van der Waals surface area (Å²) in [5.74, 6) is -0.153. The monoisotopic (exact) mass is 712 g/mol. The highest BCUT2D eigenvalue weighted by molar-refractivity contribution is 6.10. The Balaban J connectivity index is 0.000000127. The molecule has 272 valence electrons. The summed E-state index contributed by atoms with van der Waals surface area (Å²) in [6.45, 7) is 12.3. The number of carbonyl (C=O) groups is 2. The number of esters is 1. The quantitative estimate of drug-likeness (QED) is 0.127. The van der Waals surface area contributed by atoms with Crippen LogP contribution < -0.4 is 0 Å². The molecule has 0 radical (unpaired) electrons. The van der Waals surface area contributed by atoms with Crippen molar-refractivity contribution in [3.63, 3.8) is 0 Å². The minimum Gasteiger partial charge on any atom is -0.465 e. The molecule has 5 nitrogen and oxygen atoms in total. The molecule has 0 saturated heterocycles. The Kier molecular flexibility index (Phi) is 10.2. The molecule has 0 amide bonds. The number of benzene rings is 6. The summed E-state index contributed by atoms with van der Waals surface area (Å²) >= 11 is 0. The zero-order valence-corrected chi connectivity index (χ0v) is 32.1. The van der Waals surface area contributed by atoms with Crippen LogP contribution in [0.4, 0.5) is 0 Å². The Morgan fingerprint density at radius 2 is 0.981 bits per heavy atom. The highest BCUT2D eigenvalue weighted by atomic mass is 16.5. The highest BCUT2D eigenvalue weighted by Gasteiger charge is 2.40. The van der Waals surface area contributed by atoms with Gasteiger partial charge in [0.05, 0.1) is 12.7 Å². The standard InChI is InChI=1S/C19H20O2.C16H15NO.C14H13N/c1-4-19(5-2)16-9-7-6-8-14(16)15-11-10-13(12-17(15)19)18(20)21-3;1-3-17-15-7-5-4-6-13(15)14-9-8-12(11(2)18)10-16(14)17;1-2-15-13-9-5-3-7-11(13)12-8-4-6-10-14(12)15/h6-12H,4-5H2,1-3H3;4-10H,3H2,1-2H3;3-10H,2H2,1H3. The molecule has 0 atom stereocenters. The largest absolute Gasteiger partial charge is 0.465 e. The fourth-order valence-electron chi connectivity index (χ4n) is 8.66. The van der Waals surface area contributed by atoms with E-state index >= 15 is 0 Å². The topological polar surface area (TPSA) is 53.2 Å². The Morgan fingerprint density at radius 1 is 0.519 bits per heavy atom. The molecule has 0 aliphatic heterocycles. The van der Waals surface area contributed by atoms with Gasteiger partial charge in [-0.1, -0.05) is 111 Å². The molecular formula is C49H48N2O3. The SMILES string of the molecule is CCC1(CC)c2ccccc2-c2ccc(C(=O)OC)cc21.CCn1c2ccccc2c2ccc(C(C)=O)cc21.CCn1c2ccccc2c2ccccc21. The number of ether oxygens (including phenoxy) is 1. The van der Waals surface area contributed by atoms with E-state index in [-0.39, 0.29) is 17.2 Å². The molecule has 2 heterocycles. The van der Waals surface area contributed by atoms with Crippen LogP contribution in [0.25, 0.3) is 54.7 Å². The number of carbonyl (C=O) groups excluding carboxylic acids is 2. The normalized spacial score (nSPS) is 12.5. The number of methoxy groups -OCH3 is 1. The van der Waals surface area contributed by atoms with E-state index in [1.54, 1.807) is 6.92 Å². The molecule has 0 bridgehead atoms. The van der Waals surface area contributed by atoms with Gasteiger partial charge >= 0.3 is 5.97 Å². The summed E-state index contributed by atoms with van der Waals surface area (Å²) in [7, 11) is 1.43. The number of aryl methyl sites for hydroxylation is 2. The van der Waals surface area contributed by atoms with Gasteiger partial charge in [-0.15, -0.1) is 0 Å². The maximum Gasteiger partial charge on any atom is 0.337 e. The van der Waals surface area contributed by atoms with Gasteiger partial charge in [0, 0.05) is 67.7 Å². The first-order chi connectivity index (χ1) is 26.3. The predicted octanol–water partition coefficient (Wildman–Crippen LogP) is 12.4. The lowest BCUT2D eigenvalue weighted by Gasteiger charge is -2.29. The van der Waals surface area contributed by atoms with E-state index in [0.29, 0.717) is 5.56 Å². The van der Waals surface area contributed by atoms with Gasteiger partial charge in [0.1, 0.15) is 0 Å². The molecule has 6 aromatic carbocycles. The fourth-order valence-corrected chi connectivity index (χ4v) is 8.66. The number of hydrogen-bond donors (Lipinski definition) is 0. The van der Waals surface area contributed by atoms with Gasteiger partial charge in [0.2, 0.25) is 0 Å². The van der Waals surface area contributed by atoms with Crippen molar-refractivity contribution in [1.82, 2.24) is 9.13 Å². The molecule has 1 aliphatic carbocycles. The smallest absolute Gasteiger partial charge is 0.337 e. The Morgan fingerprint density at radius 3 is 1.50 bits per heavy atom. The van der Waals surface area contributed by atoms with Gasteiger partial charge in [-0.3, -0.25) is 4.79 Å². The van der Waals surface area contributed by atoms with E-state index in [9.17, 15) is 9.59 Å². The number of para-hydroxylation sites is 3. The van der Waals surface area contributed by atoms with Crippen molar-refractivity contribution in [2.45, 2.75) is 66.0 Å². The van der Waals surface area contributed by atoms with Crippen LogP contribution in [0.5, 0.6) is 0 Å². The number of Topliss-reactive ketones (excluding diaryl/α,β-unsaturated/α-hetero) is 1. The Labute approximate surface area is 317 Å². The summed E-state index contributed by atoms with van der Waals surface area (Å²) in [6, 6.07) is 46.1. The van der Waals surface area contributed by atoms with Crippen LogP contribution in [-0.4, -0.2) is 28.0 Å². The molecule has 0 fully saturated rings. The summed E-state index contributed by atoms with van der Waals surface area (Å²) in [5, 5.41) is 5.19. The van der Waals surface area contributed by atoms with Crippen molar-refractivity contribution in [1.29, 1.82) is 0 Å². The first-order valence-electron chi connectivity index (χ1n) is 19.1. The molecule has 1 aliphatic rings. The predicted molar refractivity (Wildman–Crippen MR) is 225 cm³/mol. The van der Waals surface area contributed by atoms with Crippen molar-refractivity contribution >= 4 is 55.4 Å². The van der Waals surface area contributed by atoms with Crippen molar-refractivity contribution in [3.05, 3.63) is 156 Å². The number of hydrogen-bond acceptors (Lipinski definition) is 3. The molecule has 0 N–H and O–H groups in total.